The van der Waals surface area contributed by atoms with Gasteiger partial charge < -0.3 is 9.42 Å². The Kier molecular flexibility index (Phi) is 5.72. The van der Waals surface area contributed by atoms with Crippen LogP contribution in [0.25, 0.3) is 11.4 Å². The second-order valence-corrected chi connectivity index (χ2v) is 6.80. The van der Waals surface area contributed by atoms with Gasteiger partial charge in [-0.15, -0.1) is 11.3 Å². The summed E-state index contributed by atoms with van der Waals surface area (Å²) in [4.78, 5) is 22.7. The van der Waals surface area contributed by atoms with E-state index in [1.54, 1.807) is 35.4 Å². The first kappa shape index (κ1) is 18.2. The van der Waals surface area contributed by atoms with E-state index in [2.05, 4.69) is 22.0 Å². The van der Waals surface area contributed by atoms with Gasteiger partial charge >= 0.3 is 0 Å². The van der Waals surface area contributed by atoms with Crippen LogP contribution in [0.1, 0.15) is 29.9 Å². The fraction of sp³-hybridized carbons (Fsp3) is 0.333. The standard InChI is InChI=1S/C18H19FN4O2S/c1-3-16-20-14(11-26-16)10-23(2)17(24)9-8-15-21-18(22-25-15)12-4-6-13(19)7-5-12/h4-7,11H,3,8-10H2,1-2H3. The summed E-state index contributed by atoms with van der Waals surface area (Å²) >= 11 is 1.61. The molecule has 0 unspecified atom stereocenters. The van der Waals surface area contributed by atoms with E-state index in [0.717, 1.165) is 17.1 Å². The SMILES string of the molecule is CCc1nc(CN(C)C(=O)CCc2nc(-c3ccc(F)cc3)no2)cs1. The Morgan fingerprint density at radius 3 is 2.73 bits per heavy atom. The summed E-state index contributed by atoms with van der Waals surface area (Å²) in [6, 6.07) is 5.85. The lowest BCUT2D eigenvalue weighted by Gasteiger charge is -2.15. The first-order chi connectivity index (χ1) is 12.5. The molecule has 0 saturated heterocycles. The Bertz CT molecular complexity index is 875. The molecule has 6 nitrogen and oxygen atoms in total. The summed E-state index contributed by atoms with van der Waals surface area (Å²) in [5.74, 6) is 0.429. The van der Waals surface area contributed by atoms with Gasteiger partial charge in [-0.05, 0) is 30.7 Å². The molecule has 2 aromatic heterocycles. The summed E-state index contributed by atoms with van der Waals surface area (Å²) in [7, 11) is 1.76. The maximum Gasteiger partial charge on any atom is 0.227 e. The highest BCUT2D eigenvalue weighted by atomic mass is 32.1. The first-order valence-corrected chi connectivity index (χ1v) is 9.19. The largest absolute Gasteiger partial charge is 0.340 e. The number of aryl methyl sites for hydroxylation is 2. The molecule has 1 amide bonds. The van der Waals surface area contributed by atoms with Gasteiger partial charge in [-0.25, -0.2) is 9.37 Å². The average Bonchev–Trinajstić information content (AvgIpc) is 3.29. The number of aromatic nitrogens is 3. The highest BCUT2D eigenvalue weighted by molar-refractivity contribution is 7.09. The van der Waals surface area contributed by atoms with E-state index < -0.39 is 0 Å². The van der Waals surface area contributed by atoms with Crippen molar-refractivity contribution in [3.8, 4) is 11.4 Å². The highest BCUT2D eigenvalue weighted by Crippen LogP contribution is 2.17. The van der Waals surface area contributed by atoms with E-state index in [9.17, 15) is 9.18 Å². The summed E-state index contributed by atoms with van der Waals surface area (Å²) in [5.41, 5.74) is 1.57. The number of carbonyl (C=O) groups excluding carboxylic acids is 1. The lowest BCUT2D eigenvalue weighted by atomic mass is 10.2. The normalized spacial score (nSPS) is 10.9. The average molecular weight is 374 g/mol. The van der Waals surface area contributed by atoms with Crippen LogP contribution in [-0.4, -0.2) is 33.0 Å². The number of thiazole rings is 1. The van der Waals surface area contributed by atoms with Gasteiger partial charge in [-0.2, -0.15) is 4.98 Å². The maximum atomic E-state index is 13.0. The van der Waals surface area contributed by atoms with E-state index in [4.69, 9.17) is 4.52 Å². The zero-order valence-corrected chi connectivity index (χ0v) is 15.4. The molecule has 0 radical (unpaired) electrons. The predicted octanol–water partition coefficient (Wildman–Crippen LogP) is 3.49. The monoisotopic (exact) mass is 374 g/mol. The Hall–Kier alpha value is -2.61. The minimum atomic E-state index is -0.322. The molecule has 0 bridgehead atoms. The van der Waals surface area contributed by atoms with Crippen LogP contribution < -0.4 is 0 Å². The van der Waals surface area contributed by atoms with Crippen molar-refractivity contribution in [1.82, 2.24) is 20.0 Å². The molecule has 0 aliphatic rings. The van der Waals surface area contributed by atoms with Gasteiger partial charge in [-0.1, -0.05) is 12.1 Å². The number of nitrogens with zero attached hydrogens (tertiary/aromatic N) is 4. The number of hydrogen-bond acceptors (Lipinski definition) is 6. The van der Waals surface area contributed by atoms with Crippen molar-refractivity contribution in [3.63, 3.8) is 0 Å². The van der Waals surface area contributed by atoms with Crippen molar-refractivity contribution in [2.75, 3.05) is 7.05 Å². The van der Waals surface area contributed by atoms with E-state index in [1.165, 1.54) is 12.1 Å². The van der Waals surface area contributed by atoms with Gasteiger partial charge in [0.2, 0.25) is 17.6 Å². The van der Waals surface area contributed by atoms with Gasteiger partial charge in [0.1, 0.15) is 5.82 Å². The second-order valence-electron chi connectivity index (χ2n) is 5.85. The molecular formula is C18H19FN4O2S. The molecule has 26 heavy (non-hydrogen) atoms. The molecule has 1 aromatic carbocycles. The minimum Gasteiger partial charge on any atom is -0.340 e. The van der Waals surface area contributed by atoms with Crippen molar-refractivity contribution < 1.29 is 13.7 Å². The van der Waals surface area contributed by atoms with Crippen molar-refractivity contribution >= 4 is 17.2 Å². The number of rotatable bonds is 7. The summed E-state index contributed by atoms with van der Waals surface area (Å²) in [6.45, 7) is 2.54. The van der Waals surface area contributed by atoms with E-state index in [0.29, 0.717) is 30.2 Å². The molecule has 0 aliphatic heterocycles. The van der Waals surface area contributed by atoms with Crippen LogP contribution in [-0.2, 0) is 24.2 Å². The lowest BCUT2D eigenvalue weighted by Crippen LogP contribution is -2.26. The van der Waals surface area contributed by atoms with Gasteiger partial charge in [0.05, 0.1) is 17.2 Å². The third-order valence-corrected chi connectivity index (χ3v) is 4.89. The molecule has 3 rings (SSSR count). The Labute approximate surface area is 154 Å². The maximum absolute atomic E-state index is 13.0. The second kappa shape index (κ2) is 8.18. The van der Waals surface area contributed by atoms with E-state index in [1.807, 2.05) is 5.38 Å². The number of amides is 1. The first-order valence-electron chi connectivity index (χ1n) is 8.31. The quantitative estimate of drug-likeness (QED) is 0.633. The fourth-order valence-corrected chi connectivity index (χ4v) is 3.13. The third kappa shape index (κ3) is 4.51. The van der Waals surface area contributed by atoms with Crippen LogP contribution in [0.3, 0.4) is 0 Å². The third-order valence-electron chi connectivity index (χ3n) is 3.85. The molecular weight excluding hydrogens is 355 g/mol. The molecule has 136 valence electrons. The van der Waals surface area contributed by atoms with Crippen molar-refractivity contribution in [1.29, 1.82) is 0 Å². The molecule has 0 N–H and O–H groups in total. The number of hydrogen-bond donors (Lipinski definition) is 0. The molecule has 0 saturated carbocycles. The molecule has 2 heterocycles. The Morgan fingerprint density at radius 2 is 2.04 bits per heavy atom. The topological polar surface area (TPSA) is 72.1 Å². The highest BCUT2D eigenvalue weighted by Gasteiger charge is 2.14. The molecule has 0 fully saturated rings. The van der Waals surface area contributed by atoms with Crippen molar-refractivity contribution in [3.05, 3.63) is 52.1 Å². The molecule has 0 aliphatic carbocycles. The summed E-state index contributed by atoms with van der Waals surface area (Å²) in [6.07, 6.45) is 1.52. The van der Waals surface area contributed by atoms with Gasteiger partial charge in [0, 0.05) is 30.8 Å². The minimum absolute atomic E-state index is 0.0161. The smallest absolute Gasteiger partial charge is 0.227 e. The predicted molar refractivity (Wildman–Crippen MR) is 96.0 cm³/mol. The van der Waals surface area contributed by atoms with Crippen LogP contribution >= 0.6 is 11.3 Å². The van der Waals surface area contributed by atoms with Crippen molar-refractivity contribution in [2.45, 2.75) is 32.7 Å². The molecule has 0 atom stereocenters. The van der Waals surface area contributed by atoms with Gasteiger partial charge in [0.15, 0.2) is 0 Å². The van der Waals surface area contributed by atoms with Crippen LogP contribution in [0.2, 0.25) is 0 Å². The van der Waals surface area contributed by atoms with Gasteiger partial charge in [0.25, 0.3) is 0 Å². The zero-order chi connectivity index (χ0) is 18.5. The van der Waals surface area contributed by atoms with Crippen molar-refractivity contribution in [2.24, 2.45) is 0 Å². The van der Waals surface area contributed by atoms with Crippen LogP contribution in [0, 0.1) is 5.82 Å². The van der Waals surface area contributed by atoms with E-state index >= 15 is 0 Å². The molecule has 0 spiro atoms. The molecule has 8 heteroatoms. The number of benzene rings is 1. The Morgan fingerprint density at radius 1 is 1.27 bits per heavy atom. The fourth-order valence-electron chi connectivity index (χ4n) is 2.39. The van der Waals surface area contributed by atoms with Crippen LogP contribution in [0.4, 0.5) is 4.39 Å². The van der Waals surface area contributed by atoms with Crippen LogP contribution in [0.15, 0.2) is 34.2 Å². The zero-order valence-electron chi connectivity index (χ0n) is 14.6. The summed E-state index contributed by atoms with van der Waals surface area (Å²) < 4.78 is 18.1. The Balaban J connectivity index is 1.53. The summed E-state index contributed by atoms with van der Waals surface area (Å²) in [5, 5.41) is 6.93. The lowest BCUT2D eigenvalue weighted by molar-refractivity contribution is -0.130. The number of carbonyl (C=O) groups is 1. The van der Waals surface area contributed by atoms with E-state index in [-0.39, 0.29) is 18.1 Å². The molecule has 3 aromatic rings. The van der Waals surface area contributed by atoms with Gasteiger partial charge in [-0.3, -0.25) is 4.79 Å². The number of halogens is 1. The van der Waals surface area contributed by atoms with Crippen LogP contribution in [0.5, 0.6) is 0 Å².